The summed E-state index contributed by atoms with van der Waals surface area (Å²) in [4.78, 5) is 12.0. The third-order valence-corrected chi connectivity index (χ3v) is 3.22. The Morgan fingerprint density at radius 2 is 1.70 bits per heavy atom. The number of carbonyl (C=O) groups is 1. The van der Waals surface area contributed by atoms with Crippen LogP contribution in [0.5, 0.6) is 0 Å². The van der Waals surface area contributed by atoms with E-state index in [0.29, 0.717) is 18.0 Å². The predicted octanol–water partition coefficient (Wildman–Crippen LogP) is 3.07. The molecule has 0 unspecified atom stereocenters. The molecule has 20 heavy (non-hydrogen) atoms. The highest BCUT2D eigenvalue weighted by Gasteiger charge is 2.22. The van der Waals surface area contributed by atoms with Crippen molar-refractivity contribution in [3.63, 3.8) is 0 Å². The van der Waals surface area contributed by atoms with Gasteiger partial charge < -0.3 is 10.1 Å². The second-order valence-corrected chi connectivity index (χ2v) is 4.64. The topological polar surface area (TPSA) is 38.3 Å². The van der Waals surface area contributed by atoms with E-state index in [-0.39, 0.29) is 11.9 Å². The van der Waals surface area contributed by atoms with E-state index in [1.807, 2.05) is 48.5 Å². The number of hydrogen-bond acceptors (Lipinski definition) is 3. The molecule has 1 aliphatic heterocycles. The molecule has 0 amide bonds. The number of nitrogens with one attached hydrogen (secondary N) is 1. The van der Waals surface area contributed by atoms with Crippen LogP contribution in [0.1, 0.15) is 22.0 Å². The van der Waals surface area contributed by atoms with Gasteiger partial charge in [-0.1, -0.05) is 60.7 Å². The zero-order valence-electron chi connectivity index (χ0n) is 11.0. The van der Waals surface area contributed by atoms with Crippen molar-refractivity contribution in [1.29, 1.82) is 0 Å². The molecule has 1 aliphatic rings. The van der Waals surface area contributed by atoms with Gasteiger partial charge in [0.1, 0.15) is 6.10 Å². The fraction of sp³-hybridized carbons (Fsp3) is 0.118. The molecule has 0 bridgehead atoms. The van der Waals surface area contributed by atoms with Gasteiger partial charge >= 0.3 is 0 Å². The van der Waals surface area contributed by atoms with Crippen LogP contribution in [0.3, 0.4) is 0 Å². The average molecular weight is 265 g/mol. The van der Waals surface area contributed by atoms with Crippen molar-refractivity contribution in [2.45, 2.75) is 6.10 Å². The van der Waals surface area contributed by atoms with Crippen LogP contribution in [0.2, 0.25) is 0 Å². The molecule has 0 radical (unpaired) electrons. The Hall–Kier alpha value is -2.55. The fourth-order valence-electron chi connectivity index (χ4n) is 2.17. The van der Waals surface area contributed by atoms with Crippen LogP contribution in [0, 0.1) is 0 Å². The maximum absolute atomic E-state index is 12.0. The molecule has 0 aromatic heterocycles. The molecular formula is C17H15NO2. The Labute approximate surface area is 117 Å². The summed E-state index contributed by atoms with van der Waals surface area (Å²) in [6, 6.07) is 19.2. The van der Waals surface area contributed by atoms with Gasteiger partial charge in [0.25, 0.3) is 0 Å². The molecule has 3 rings (SSSR count). The molecule has 0 saturated carbocycles. The maximum atomic E-state index is 12.0. The number of carbonyl (C=O) groups excluding carboxylic acids is 1. The molecular weight excluding hydrogens is 250 g/mol. The van der Waals surface area contributed by atoms with Crippen LogP contribution < -0.4 is 5.32 Å². The number of hydrogen-bond donors (Lipinski definition) is 1. The Balaban J connectivity index is 1.71. The van der Waals surface area contributed by atoms with Gasteiger partial charge in [-0.05, 0) is 5.56 Å². The number of rotatable bonds is 3. The summed E-state index contributed by atoms with van der Waals surface area (Å²) >= 11 is 0. The summed E-state index contributed by atoms with van der Waals surface area (Å²) in [6.45, 7) is 0.678. The van der Waals surface area contributed by atoms with Gasteiger partial charge in [0.2, 0.25) is 0 Å². The molecule has 3 heteroatoms. The molecule has 1 saturated heterocycles. The van der Waals surface area contributed by atoms with Gasteiger partial charge in [0.15, 0.2) is 11.7 Å². The SMILES string of the molecule is O=C(/C=C1/NC[C@H](c2ccccc2)O1)c1ccccc1. The zero-order valence-corrected chi connectivity index (χ0v) is 11.0. The van der Waals surface area contributed by atoms with Gasteiger partial charge in [0, 0.05) is 11.6 Å². The van der Waals surface area contributed by atoms with Crippen LogP contribution in [0.25, 0.3) is 0 Å². The summed E-state index contributed by atoms with van der Waals surface area (Å²) in [5.74, 6) is 0.481. The monoisotopic (exact) mass is 265 g/mol. The molecule has 3 nitrogen and oxygen atoms in total. The van der Waals surface area contributed by atoms with Gasteiger partial charge in [-0.25, -0.2) is 0 Å². The summed E-state index contributed by atoms with van der Waals surface area (Å²) in [5, 5.41) is 3.12. The minimum Gasteiger partial charge on any atom is -0.469 e. The molecule has 1 fully saturated rings. The molecule has 2 aromatic carbocycles. The molecule has 2 aromatic rings. The minimum atomic E-state index is -0.0539. The third kappa shape index (κ3) is 2.72. The van der Waals surface area contributed by atoms with Crippen molar-refractivity contribution < 1.29 is 9.53 Å². The average Bonchev–Trinajstić information content (AvgIpc) is 2.97. The molecule has 0 spiro atoms. The smallest absolute Gasteiger partial charge is 0.191 e. The quantitative estimate of drug-likeness (QED) is 0.684. The van der Waals surface area contributed by atoms with E-state index < -0.39 is 0 Å². The first-order chi connectivity index (χ1) is 9.83. The standard InChI is InChI=1S/C17H15NO2/c19-15(13-7-3-1-4-8-13)11-17-18-12-16(20-17)14-9-5-2-6-10-14/h1-11,16,18H,12H2/b17-11-/t16-/m1/s1. The van der Waals surface area contributed by atoms with E-state index in [0.717, 1.165) is 5.56 Å². The highest BCUT2D eigenvalue weighted by atomic mass is 16.5. The highest BCUT2D eigenvalue weighted by Crippen LogP contribution is 2.24. The second-order valence-electron chi connectivity index (χ2n) is 4.64. The van der Waals surface area contributed by atoms with Crippen molar-refractivity contribution in [1.82, 2.24) is 5.32 Å². The van der Waals surface area contributed by atoms with E-state index in [1.54, 1.807) is 12.1 Å². The normalized spacial score (nSPS) is 19.4. The molecule has 1 atom stereocenters. The van der Waals surface area contributed by atoms with Gasteiger partial charge in [0.05, 0.1) is 6.54 Å². The van der Waals surface area contributed by atoms with Crippen LogP contribution in [-0.2, 0) is 4.74 Å². The lowest BCUT2D eigenvalue weighted by Crippen LogP contribution is -2.08. The summed E-state index contributed by atoms with van der Waals surface area (Å²) in [6.07, 6.45) is 1.48. The summed E-state index contributed by atoms with van der Waals surface area (Å²) in [7, 11) is 0. The van der Waals surface area contributed by atoms with Gasteiger partial charge in [-0.3, -0.25) is 4.79 Å². The highest BCUT2D eigenvalue weighted by molar-refractivity contribution is 6.04. The number of ether oxygens (including phenoxy) is 1. The Kier molecular flexibility index (Phi) is 3.50. The first kappa shape index (κ1) is 12.5. The Morgan fingerprint density at radius 3 is 2.40 bits per heavy atom. The summed E-state index contributed by atoms with van der Waals surface area (Å²) in [5.41, 5.74) is 1.77. The van der Waals surface area contributed by atoms with E-state index in [4.69, 9.17) is 4.74 Å². The molecule has 100 valence electrons. The van der Waals surface area contributed by atoms with Crippen molar-refractivity contribution in [3.05, 3.63) is 83.7 Å². The van der Waals surface area contributed by atoms with Gasteiger partial charge in [-0.2, -0.15) is 0 Å². The number of ketones is 1. The molecule has 1 N–H and O–H groups in total. The van der Waals surface area contributed by atoms with E-state index in [2.05, 4.69) is 5.32 Å². The van der Waals surface area contributed by atoms with Crippen LogP contribution in [-0.4, -0.2) is 12.3 Å². The lowest BCUT2D eigenvalue weighted by molar-refractivity contribution is 0.103. The third-order valence-electron chi connectivity index (χ3n) is 3.22. The van der Waals surface area contributed by atoms with Crippen LogP contribution >= 0.6 is 0 Å². The van der Waals surface area contributed by atoms with E-state index >= 15 is 0 Å². The first-order valence-electron chi connectivity index (χ1n) is 6.59. The van der Waals surface area contributed by atoms with Crippen molar-refractivity contribution in [2.24, 2.45) is 0 Å². The van der Waals surface area contributed by atoms with Crippen LogP contribution in [0.15, 0.2) is 72.6 Å². The Bertz CT molecular complexity index is 620. The molecule has 0 aliphatic carbocycles. The lowest BCUT2D eigenvalue weighted by Gasteiger charge is -2.08. The van der Waals surface area contributed by atoms with Crippen molar-refractivity contribution in [2.75, 3.05) is 6.54 Å². The predicted molar refractivity (Wildman–Crippen MR) is 77.1 cm³/mol. The van der Waals surface area contributed by atoms with Crippen LogP contribution in [0.4, 0.5) is 0 Å². The number of benzene rings is 2. The number of allylic oxidation sites excluding steroid dienone is 1. The first-order valence-corrected chi connectivity index (χ1v) is 6.59. The fourth-order valence-corrected chi connectivity index (χ4v) is 2.17. The van der Waals surface area contributed by atoms with Crippen molar-refractivity contribution >= 4 is 5.78 Å². The van der Waals surface area contributed by atoms with E-state index in [9.17, 15) is 4.79 Å². The van der Waals surface area contributed by atoms with Gasteiger partial charge in [-0.15, -0.1) is 0 Å². The summed E-state index contributed by atoms with van der Waals surface area (Å²) < 4.78 is 5.77. The second kappa shape index (κ2) is 5.61. The van der Waals surface area contributed by atoms with Crippen molar-refractivity contribution in [3.8, 4) is 0 Å². The Morgan fingerprint density at radius 1 is 1.05 bits per heavy atom. The largest absolute Gasteiger partial charge is 0.469 e. The minimum absolute atomic E-state index is 0.0361. The lowest BCUT2D eigenvalue weighted by atomic mass is 10.1. The van der Waals surface area contributed by atoms with E-state index in [1.165, 1.54) is 6.08 Å². The maximum Gasteiger partial charge on any atom is 0.191 e. The molecule has 1 heterocycles. The zero-order chi connectivity index (χ0) is 13.8.